The molecule has 1 rings (SSSR count). The highest BCUT2D eigenvalue weighted by atomic mass is 79.9. The molecule has 0 radical (unpaired) electrons. The van der Waals surface area contributed by atoms with E-state index >= 15 is 0 Å². The van der Waals surface area contributed by atoms with Crippen LogP contribution in [-0.2, 0) is 10.1 Å². The van der Waals surface area contributed by atoms with Crippen molar-refractivity contribution in [3.05, 3.63) is 27.8 Å². The summed E-state index contributed by atoms with van der Waals surface area (Å²) < 4.78 is 15.7. The number of nitro benzene ring substituents is 1. The molecule has 0 amide bonds. The minimum Gasteiger partial charge on any atom is -0.493 e. The monoisotopic (exact) mass is 347 g/mol. The van der Waals surface area contributed by atoms with Crippen LogP contribution >= 0.6 is 15.9 Å². The smallest absolute Gasteiger partial charge is 0.277 e. The van der Waals surface area contributed by atoms with E-state index in [1.807, 2.05) is 0 Å². The van der Waals surface area contributed by atoms with E-state index in [0.29, 0.717) is 35.6 Å². The maximum atomic E-state index is 11.0. The molecule has 20 heavy (non-hydrogen) atoms. The van der Waals surface area contributed by atoms with Crippen LogP contribution in [-0.4, -0.2) is 32.4 Å². The first-order chi connectivity index (χ1) is 9.63. The Morgan fingerprint density at radius 2 is 1.90 bits per heavy atom. The number of rotatable bonds is 9. The Balaban J connectivity index is 2.82. The Bertz CT molecular complexity index is 453. The summed E-state index contributed by atoms with van der Waals surface area (Å²) in [6, 6.07) is 3.03. The van der Waals surface area contributed by atoms with Gasteiger partial charge in [0.05, 0.1) is 24.7 Å². The van der Waals surface area contributed by atoms with Gasteiger partial charge in [0.1, 0.15) is 0 Å². The van der Waals surface area contributed by atoms with Crippen LogP contribution in [0.2, 0.25) is 0 Å². The number of ether oxygens (including phenoxy) is 3. The molecule has 0 bridgehead atoms. The van der Waals surface area contributed by atoms with Crippen molar-refractivity contribution in [1.29, 1.82) is 0 Å². The molecule has 112 valence electrons. The summed E-state index contributed by atoms with van der Waals surface area (Å²) in [6.07, 6.45) is 1.69. The molecule has 0 saturated carbocycles. The Hall–Kier alpha value is -1.34. The number of hydrogen-bond donors (Lipinski definition) is 0. The van der Waals surface area contributed by atoms with Gasteiger partial charge in [-0.1, -0.05) is 15.9 Å². The van der Waals surface area contributed by atoms with Crippen LogP contribution in [0.4, 0.5) is 5.69 Å². The van der Waals surface area contributed by atoms with Gasteiger partial charge in [-0.3, -0.25) is 10.1 Å². The number of halogens is 1. The van der Waals surface area contributed by atoms with E-state index in [0.717, 1.165) is 12.8 Å². The average molecular weight is 348 g/mol. The highest BCUT2D eigenvalue weighted by Gasteiger charge is 2.18. The number of methoxy groups -OCH3 is 2. The van der Waals surface area contributed by atoms with Crippen molar-refractivity contribution in [2.24, 2.45) is 0 Å². The van der Waals surface area contributed by atoms with Crippen molar-refractivity contribution in [3.8, 4) is 11.5 Å². The van der Waals surface area contributed by atoms with Crippen LogP contribution in [0.5, 0.6) is 11.5 Å². The second kappa shape index (κ2) is 8.76. The average Bonchev–Trinajstić information content (AvgIpc) is 2.46. The molecule has 7 heteroatoms. The van der Waals surface area contributed by atoms with Crippen molar-refractivity contribution >= 4 is 21.6 Å². The van der Waals surface area contributed by atoms with Gasteiger partial charge in [0.25, 0.3) is 5.69 Å². The minimum absolute atomic E-state index is 0.0227. The normalized spacial score (nSPS) is 10.3. The van der Waals surface area contributed by atoms with Crippen molar-refractivity contribution in [2.75, 3.05) is 27.4 Å². The Morgan fingerprint density at radius 1 is 1.20 bits per heavy atom. The Kier molecular flexibility index (Phi) is 7.32. The third-order valence-electron chi connectivity index (χ3n) is 2.71. The molecule has 1 aromatic rings. The molecule has 0 heterocycles. The number of alkyl halides is 1. The molecule has 0 aromatic heterocycles. The molecule has 0 saturated heterocycles. The maximum absolute atomic E-state index is 11.0. The molecule has 0 unspecified atom stereocenters. The van der Waals surface area contributed by atoms with E-state index < -0.39 is 4.92 Å². The first-order valence-corrected chi connectivity index (χ1v) is 7.29. The second-order valence-corrected chi connectivity index (χ2v) is 4.63. The summed E-state index contributed by atoms with van der Waals surface area (Å²) in [4.78, 5) is 10.6. The van der Waals surface area contributed by atoms with E-state index in [1.165, 1.54) is 13.2 Å². The van der Waals surface area contributed by atoms with E-state index in [9.17, 15) is 10.1 Å². The fraction of sp³-hybridized carbons (Fsp3) is 0.538. The van der Waals surface area contributed by atoms with Crippen LogP contribution < -0.4 is 9.47 Å². The fourth-order valence-electron chi connectivity index (χ4n) is 1.67. The van der Waals surface area contributed by atoms with E-state index in [1.54, 1.807) is 13.2 Å². The lowest BCUT2D eigenvalue weighted by atomic mass is 10.2. The zero-order valence-electron chi connectivity index (χ0n) is 11.6. The quantitative estimate of drug-likeness (QED) is 0.296. The first-order valence-electron chi connectivity index (χ1n) is 6.17. The predicted molar refractivity (Wildman–Crippen MR) is 78.9 cm³/mol. The molecule has 6 nitrogen and oxygen atoms in total. The number of nitrogens with zero attached hydrogens (tertiary/aromatic N) is 1. The summed E-state index contributed by atoms with van der Waals surface area (Å²) >= 11 is 3.23. The van der Waals surface area contributed by atoms with Crippen molar-refractivity contribution < 1.29 is 19.1 Å². The Morgan fingerprint density at radius 3 is 2.45 bits per heavy atom. The maximum Gasteiger partial charge on any atom is 0.277 e. The molecule has 0 aliphatic carbocycles. The zero-order valence-corrected chi connectivity index (χ0v) is 13.1. The van der Waals surface area contributed by atoms with Crippen molar-refractivity contribution in [2.45, 2.75) is 18.2 Å². The fourth-order valence-corrected chi connectivity index (χ4v) is 2.12. The van der Waals surface area contributed by atoms with E-state index in [4.69, 9.17) is 14.2 Å². The molecule has 1 aromatic carbocycles. The lowest BCUT2D eigenvalue weighted by Gasteiger charge is -2.12. The first kappa shape index (κ1) is 16.7. The van der Waals surface area contributed by atoms with Crippen LogP contribution in [0.1, 0.15) is 18.4 Å². The molecule has 0 N–H and O–H groups in total. The molecule has 0 aliphatic rings. The molecular weight excluding hydrogens is 330 g/mol. The van der Waals surface area contributed by atoms with Crippen LogP contribution in [0.15, 0.2) is 12.1 Å². The molecule has 0 atom stereocenters. The van der Waals surface area contributed by atoms with Crippen LogP contribution in [0.3, 0.4) is 0 Å². The van der Waals surface area contributed by atoms with Crippen LogP contribution in [0, 0.1) is 10.1 Å². The van der Waals surface area contributed by atoms with Crippen molar-refractivity contribution in [3.63, 3.8) is 0 Å². The summed E-state index contributed by atoms with van der Waals surface area (Å²) in [5.41, 5.74) is 0.577. The van der Waals surface area contributed by atoms with Gasteiger partial charge in [-0.05, 0) is 18.9 Å². The number of unbranched alkanes of at least 4 members (excludes halogenated alkanes) is 1. The summed E-state index contributed by atoms with van der Waals surface area (Å²) in [5, 5.41) is 11.4. The number of hydrogen-bond acceptors (Lipinski definition) is 5. The SMILES string of the molecule is COCCCCOc1cc([N+](=O)[O-])c(CBr)cc1OC. The zero-order chi connectivity index (χ0) is 15.0. The number of nitro groups is 1. The van der Waals surface area contributed by atoms with Gasteiger partial charge in [0, 0.05) is 24.6 Å². The van der Waals surface area contributed by atoms with E-state index in [2.05, 4.69) is 15.9 Å². The van der Waals surface area contributed by atoms with Gasteiger partial charge in [-0.15, -0.1) is 0 Å². The summed E-state index contributed by atoms with van der Waals surface area (Å²) in [6.45, 7) is 1.13. The van der Waals surface area contributed by atoms with Gasteiger partial charge >= 0.3 is 0 Å². The topological polar surface area (TPSA) is 70.8 Å². The van der Waals surface area contributed by atoms with Gasteiger partial charge in [-0.25, -0.2) is 0 Å². The molecule has 0 fully saturated rings. The van der Waals surface area contributed by atoms with Crippen LogP contribution in [0.25, 0.3) is 0 Å². The molecule has 0 aliphatic heterocycles. The lowest BCUT2D eigenvalue weighted by Crippen LogP contribution is -2.03. The second-order valence-electron chi connectivity index (χ2n) is 4.07. The third kappa shape index (κ3) is 4.64. The van der Waals surface area contributed by atoms with Gasteiger partial charge in [-0.2, -0.15) is 0 Å². The standard InChI is InChI=1S/C13H18BrNO5/c1-18-5-3-4-6-20-13-8-11(15(16)17)10(9-14)7-12(13)19-2/h7-8H,3-6,9H2,1-2H3. The van der Waals surface area contributed by atoms with Gasteiger partial charge in [0.15, 0.2) is 11.5 Å². The molecular formula is C13H18BrNO5. The largest absolute Gasteiger partial charge is 0.493 e. The van der Waals surface area contributed by atoms with Crippen molar-refractivity contribution in [1.82, 2.24) is 0 Å². The summed E-state index contributed by atoms with van der Waals surface area (Å²) in [5.74, 6) is 0.887. The highest BCUT2D eigenvalue weighted by Crippen LogP contribution is 2.35. The molecule has 0 spiro atoms. The number of benzene rings is 1. The van der Waals surface area contributed by atoms with Gasteiger partial charge in [0.2, 0.25) is 0 Å². The minimum atomic E-state index is -0.423. The Labute approximate surface area is 126 Å². The van der Waals surface area contributed by atoms with E-state index in [-0.39, 0.29) is 5.69 Å². The summed E-state index contributed by atoms with van der Waals surface area (Å²) in [7, 11) is 3.16. The highest BCUT2D eigenvalue weighted by molar-refractivity contribution is 9.08. The predicted octanol–water partition coefficient (Wildman–Crippen LogP) is 3.30. The third-order valence-corrected chi connectivity index (χ3v) is 3.31. The lowest BCUT2D eigenvalue weighted by molar-refractivity contribution is -0.385. The van der Waals surface area contributed by atoms with Gasteiger partial charge < -0.3 is 14.2 Å².